The third-order valence-corrected chi connectivity index (χ3v) is 13.5. The molecule has 75 heavy (non-hydrogen) atoms. The van der Waals surface area contributed by atoms with Gasteiger partial charge in [-0.05, 0) is 140 Å². The van der Waals surface area contributed by atoms with E-state index in [9.17, 15) is 32.4 Å². The lowest BCUT2D eigenvalue weighted by molar-refractivity contribution is -0.151. The van der Waals surface area contributed by atoms with Gasteiger partial charge in [0.25, 0.3) is 0 Å². The Morgan fingerprint density at radius 3 is 1.72 bits per heavy atom. The number of hydrogen-bond donors (Lipinski definition) is 0. The molecule has 0 N–H and O–H groups in total. The number of esters is 3. The Labute approximate surface area is 448 Å². The second-order valence-electron chi connectivity index (χ2n) is 20.0. The Hall–Kier alpha value is -6.48. The van der Waals surface area contributed by atoms with Crippen LogP contribution < -0.4 is 4.74 Å². The molecule has 412 valence electrons. The van der Waals surface area contributed by atoms with Gasteiger partial charge in [0.1, 0.15) is 17.9 Å². The van der Waals surface area contributed by atoms with Crippen molar-refractivity contribution >= 4 is 39.3 Å². The number of carbonyl (C=O) groups is 5. The first-order chi connectivity index (χ1) is 35.3. The van der Waals surface area contributed by atoms with Crippen LogP contribution in [0, 0.1) is 0 Å². The van der Waals surface area contributed by atoms with Crippen molar-refractivity contribution < 1.29 is 56.1 Å². The monoisotopic (exact) mass is 1060 g/mol. The van der Waals surface area contributed by atoms with Crippen molar-refractivity contribution in [3.8, 4) is 5.75 Å². The first-order valence-corrected chi connectivity index (χ1v) is 27.4. The molecule has 0 unspecified atom stereocenters. The summed E-state index contributed by atoms with van der Waals surface area (Å²) in [4.78, 5) is 65.0. The molecule has 0 saturated carbocycles. The fraction of sp³-hybridized carbons (Fsp3) is 0.483. The van der Waals surface area contributed by atoms with E-state index >= 15 is 0 Å². The highest BCUT2D eigenvalue weighted by Gasteiger charge is 2.34. The van der Waals surface area contributed by atoms with Crippen molar-refractivity contribution in [2.24, 2.45) is 0 Å². The number of rotatable bonds is 24. The number of methoxy groups -OCH3 is 1. The van der Waals surface area contributed by atoms with Crippen LogP contribution in [0.3, 0.4) is 0 Å². The van der Waals surface area contributed by atoms with E-state index in [0.29, 0.717) is 29.4 Å². The van der Waals surface area contributed by atoms with Crippen molar-refractivity contribution in [1.29, 1.82) is 0 Å². The number of allylic oxidation sites excluding steroid dienone is 4. The quantitative estimate of drug-likeness (QED) is 0.0121. The third-order valence-electron chi connectivity index (χ3n) is 11.8. The summed E-state index contributed by atoms with van der Waals surface area (Å²) < 4.78 is 52.1. The van der Waals surface area contributed by atoms with Crippen LogP contribution in [-0.4, -0.2) is 106 Å². The molecule has 15 heteroatoms. The molecular weight excluding hydrogens is 973 g/mol. The molecule has 1 heterocycles. The lowest BCUT2D eigenvalue weighted by Gasteiger charge is -2.25. The lowest BCUT2D eigenvalue weighted by Crippen LogP contribution is -2.36. The molecule has 0 aromatic heterocycles. The highest BCUT2D eigenvalue weighted by Crippen LogP contribution is 2.28. The smallest absolute Gasteiger partial charge is 0.350 e. The van der Waals surface area contributed by atoms with Crippen LogP contribution in [-0.2, 0) is 48.6 Å². The number of sulfone groups is 1. The second kappa shape index (κ2) is 32.1. The van der Waals surface area contributed by atoms with Crippen LogP contribution >= 0.6 is 0 Å². The fourth-order valence-electron chi connectivity index (χ4n) is 6.91. The molecule has 3 aromatic carbocycles. The Morgan fingerprint density at radius 1 is 0.733 bits per heavy atom. The predicted octanol–water partition coefficient (Wildman–Crippen LogP) is 11.9. The Balaban J connectivity index is 0.000000389. The van der Waals surface area contributed by atoms with Gasteiger partial charge in [0.05, 0.1) is 42.8 Å². The molecule has 0 spiro atoms. The van der Waals surface area contributed by atoms with Crippen LogP contribution in [0.5, 0.6) is 5.75 Å². The molecular formula is C60H84N2O12S. The largest absolute Gasteiger partial charge is 0.497 e. The van der Waals surface area contributed by atoms with Crippen LogP contribution in [0.25, 0.3) is 0 Å². The summed E-state index contributed by atoms with van der Waals surface area (Å²) >= 11 is 0. The van der Waals surface area contributed by atoms with Gasteiger partial charge in [0.2, 0.25) is 9.84 Å². The minimum atomic E-state index is -3.95. The standard InChI is InChI=1S/C23H35NO4S.C20H22O3.C17H27NO5/c1-4-7-8-9-10-14-20-28-23(25)22(18-15-19-24(5-2)6-3)29(26,27)21-16-12-11-13-17-21;1-20(2,3)16-9-5-14(6-10-16)18(21)13-19(22)15-7-11-17(23-4)12-8-15;1-11(2)22-15(19)13(16(20)23-12(3)4)8-9-14-18(7)17(5,6)10-21-14/h11-13,15-19H,4-10,14,20H2,1-3H3;5-12H,13H2,1-4H3;8-9,11-12H,10H2,1-7H3/b19-15+,22-18-;;14-9-. The first-order valence-electron chi connectivity index (χ1n) is 25.9. The van der Waals surface area contributed by atoms with Gasteiger partial charge in [-0.15, -0.1) is 0 Å². The maximum Gasteiger partial charge on any atom is 0.350 e. The summed E-state index contributed by atoms with van der Waals surface area (Å²) in [6, 6.07) is 22.3. The number of nitrogens with zero attached hydrogens (tertiary/aromatic N) is 2. The zero-order valence-electron chi connectivity index (χ0n) is 47.0. The Morgan fingerprint density at radius 2 is 1.25 bits per heavy atom. The molecule has 0 amide bonds. The normalized spacial score (nSPS) is 13.7. The van der Waals surface area contributed by atoms with Gasteiger partial charge >= 0.3 is 17.9 Å². The zero-order valence-corrected chi connectivity index (χ0v) is 47.8. The zero-order chi connectivity index (χ0) is 56.4. The van der Waals surface area contributed by atoms with Gasteiger partial charge in [0, 0.05) is 31.3 Å². The van der Waals surface area contributed by atoms with E-state index in [1.807, 2.05) is 56.7 Å². The van der Waals surface area contributed by atoms with Gasteiger partial charge in [-0.3, -0.25) is 9.59 Å². The maximum absolute atomic E-state index is 13.0. The number of unbranched alkanes of at least 4 members (excludes halogenated alkanes) is 5. The summed E-state index contributed by atoms with van der Waals surface area (Å²) in [5.41, 5.74) is 2.00. The molecule has 0 atom stereocenters. The summed E-state index contributed by atoms with van der Waals surface area (Å²) in [7, 11) is -0.484. The predicted molar refractivity (Wildman–Crippen MR) is 296 cm³/mol. The van der Waals surface area contributed by atoms with Crippen LogP contribution in [0.15, 0.2) is 131 Å². The third kappa shape index (κ3) is 22.5. The van der Waals surface area contributed by atoms with E-state index in [2.05, 4.69) is 27.7 Å². The number of ketones is 2. The highest BCUT2D eigenvalue weighted by atomic mass is 32.2. The maximum atomic E-state index is 13.0. The summed E-state index contributed by atoms with van der Waals surface area (Å²) in [5.74, 6) is -1.28. The molecule has 0 bridgehead atoms. The molecule has 0 aliphatic carbocycles. The first kappa shape index (κ1) is 64.6. The van der Waals surface area contributed by atoms with E-state index in [1.54, 1.807) is 108 Å². The van der Waals surface area contributed by atoms with Crippen molar-refractivity contribution in [2.45, 2.75) is 156 Å². The van der Waals surface area contributed by atoms with Gasteiger partial charge in [-0.1, -0.05) is 102 Å². The van der Waals surface area contributed by atoms with Crippen molar-refractivity contribution in [1.82, 2.24) is 9.80 Å². The molecule has 1 aliphatic heterocycles. The van der Waals surface area contributed by atoms with E-state index in [-0.39, 0.29) is 63.1 Å². The molecule has 0 radical (unpaired) electrons. The number of benzene rings is 3. The highest BCUT2D eigenvalue weighted by molar-refractivity contribution is 7.96. The second-order valence-corrected chi connectivity index (χ2v) is 22.0. The van der Waals surface area contributed by atoms with Gasteiger partial charge in [0.15, 0.2) is 22.4 Å². The van der Waals surface area contributed by atoms with Crippen LogP contribution in [0.4, 0.5) is 0 Å². The van der Waals surface area contributed by atoms with E-state index in [1.165, 1.54) is 43.5 Å². The number of carbonyl (C=O) groups excluding carboxylic acids is 5. The SMILES string of the molecule is CC(C)OC(=O)C(=C/C=C1\OCC(C)(C)N1C)C(=O)OC(C)C.CCCCCCCCOC(=O)/C(=C/C=C/N(CC)CC)S(=O)(=O)c1ccccc1.COc1ccc(C(=O)CC(=O)c2ccc(C(C)(C)C)cc2)cc1. The fourth-order valence-corrected chi connectivity index (χ4v) is 8.22. The molecule has 1 fully saturated rings. The van der Waals surface area contributed by atoms with E-state index in [0.717, 1.165) is 37.9 Å². The number of ether oxygens (including phenoxy) is 5. The summed E-state index contributed by atoms with van der Waals surface area (Å²) in [6.45, 7) is 25.9. The molecule has 4 rings (SSSR count). The Bertz CT molecular complexity index is 2490. The molecule has 3 aromatic rings. The van der Waals surface area contributed by atoms with Crippen molar-refractivity contribution in [2.75, 3.05) is 40.5 Å². The molecule has 1 saturated heterocycles. The summed E-state index contributed by atoms with van der Waals surface area (Å²) in [6.07, 6.45) is 13.3. The topological polar surface area (TPSA) is 172 Å². The summed E-state index contributed by atoms with van der Waals surface area (Å²) in [5, 5.41) is 0. The van der Waals surface area contributed by atoms with Gasteiger partial charge < -0.3 is 33.5 Å². The van der Waals surface area contributed by atoms with Gasteiger partial charge in [-0.25, -0.2) is 22.8 Å². The van der Waals surface area contributed by atoms with Crippen molar-refractivity contribution in [3.63, 3.8) is 0 Å². The van der Waals surface area contributed by atoms with Crippen LogP contribution in [0.1, 0.15) is 154 Å². The average molecular weight is 1060 g/mol. The van der Waals surface area contributed by atoms with E-state index < -0.39 is 27.7 Å². The number of Topliss-reactive ketones (excluding diaryl/α,β-unsaturated/α-hetero) is 2. The minimum Gasteiger partial charge on any atom is -0.497 e. The van der Waals surface area contributed by atoms with E-state index in [4.69, 9.17) is 23.7 Å². The Kier molecular flexibility index (Phi) is 27.6. The lowest BCUT2D eigenvalue weighted by atomic mass is 9.86. The molecule has 1 aliphatic rings. The minimum absolute atomic E-state index is 0.0422. The average Bonchev–Trinajstić information content (AvgIpc) is 3.63. The van der Waals surface area contributed by atoms with Crippen LogP contribution in [0.2, 0.25) is 0 Å². The van der Waals surface area contributed by atoms with Crippen molar-refractivity contribution in [3.05, 3.63) is 142 Å². The molecule has 14 nitrogen and oxygen atoms in total. The number of hydrogen-bond acceptors (Lipinski definition) is 14. The number of likely N-dealkylation sites (N-methyl/N-ethyl adjacent to an activating group) is 1. The van der Waals surface area contributed by atoms with Gasteiger partial charge in [-0.2, -0.15) is 0 Å².